The molecule has 0 aliphatic rings. The Bertz CT molecular complexity index is 350. The van der Waals surface area contributed by atoms with E-state index in [0.717, 1.165) is 5.56 Å². The van der Waals surface area contributed by atoms with E-state index in [1.54, 1.807) is 6.07 Å². The van der Waals surface area contributed by atoms with Gasteiger partial charge >= 0.3 is 0 Å². The number of halogens is 1. The second kappa shape index (κ2) is 3.79. The van der Waals surface area contributed by atoms with Crippen molar-refractivity contribution in [3.8, 4) is 5.75 Å². The van der Waals surface area contributed by atoms with Crippen molar-refractivity contribution in [3.05, 3.63) is 27.7 Å². The Morgan fingerprint density at radius 3 is 2.62 bits per heavy atom. The molecule has 0 bridgehead atoms. The number of hydrogen-bond donors (Lipinski definition) is 1. The zero-order chi connectivity index (χ0) is 10.0. The van der Waals surface area contributed by atoms with Gasteiger partial charge in [0.1, 0.15) is 5.75 Å². The normalized spacial score (nSPS) is 9.77. The highest BCUT2D eigenvalue weighted by Gasteiger charge is 2.13. The van der Waals surface area contributed by atoms with E-state index in [9.17, 15) is 4.79 Å². The molecule has 0 saturated heterocycles. The molecule has 1 amide bonds. The summed E-state index contributed by atoms with van der Waals surface area (Å²) in [7, 11) is 1.51. The van der Waals surface area contributed by atoms with E-state index in [1.807, 2.05) is 13.0 Å². The molecule has 0 radical (unpaired) electrons. The number of carbonyl (C=O) groups is 1. The fourth-order valence-electron chi connectivity index (χ4n) is 1.11. The minimum Gasteiger partial charge on any atom is -0.496 e. The van der Waals surface area contributed by atoms with Gasteiger partial charge in [0.25, 0.3) is 5.91 Å². The first-order valence-corrected chi connectivity index (χ1v) is 4.49. The molecule has 1 aromatic carbocycles. The van der Waals surface area contributed by atoms with E-state index in [1.165, 1.54) is 7.11 Å². The van der Waals surface area contributed by atoms with Crippen LogP contribution in [0.15, 0.2) is 16.6 Å². The Morgan fingerprint density at radius 1 is 1.54 bits per heavy atom. The average Bonchev–Trinajstić information content (AvgIpc) is 2.01. The summed E-state index contributed by atoms with van der Waals surface area (Å²) in [6, 6.07) is 3.59. The van der Waals surface area contributed by atoms with Crippen molar-refractivity contribution in [1.82, 2.24) is 0 Å². The van der Waals surface area contributed by atoms with Crippen molar-refractivity contribution in [2.24, 2.45) is 5.73 Å². The largest absolute Gasteiger partial charge is 0.496 e. The van der Waals surface area contributed by atoms with Crippen LogP contribution in [-0.4, -0.2) is 13.0 Å². The van der Waals surface area contributed by atoms with Crippen LogP contribution in [-0.2, 0) is 0 Å². The topological polar surface area (TPSA) is 52.3 Å². The second-order valence-electron chi connectivity index (χ2n) is 2.69. The number of hydrogen-bond acceptors (Lipinski definition) is 2. The van der Waals surface area contributed by atoms with Crippen LogP contribution in [0.25, 0.3) is 0 Å². The molecule has 0 atom stereocenters. The summed E-state index contributed by atoms with van der Waals surface area (Å²) in [5.41, 5.74) is 6.58. The maximum Gasteiger partial charge on any atom is 0.253 e. The molecule has 0 aromatic heterocycles. The van der Waals surface area contributed by atoms with Crippen LogP contribution in [0.3, 0.4) is 0 Å². The molecule has 1 aromatic rings. The van der Waals surface area contributed by atoms with Crippen LogP contribution in [0.5, 0.6) is 5.75 Å². The third-order valence-electron chi connectivity index (χ3n) is 1.66. The van der Waals surface area contributed by atoms with Gasteiger partial charge in [0.15, 0.2) is 0 Å². The Labute approximate surface area is 85.0 Å². The summed E-state index contributed by atoms with van der Waals surface area (Å²) in [5, 5.41) is 0. The van der Waals surface area contributed by atoms with Crippen LogP contribution in [0.2, 0.25) is 0 Å². The van der Waals surface area contributed by atoms with Crippen LogP contribution >= 0.6 is 15.9 Å². The third kappa shape index (κ3) is 2.01. The van der Waals surface area contributed by atoms with E-state index < -0.39 is 5.91 Å². The van der Waals surface area contributed by atoms with Crippen LogP contribution in [0.1, 0.15) is 15.9 Å². The minimum atomic E-state index is -0.497. The summed E-state index contributed by atoms with van der Waals surface area (Å²) in [6.07, 6.45) is 0. The predicted octanol–water partition coefficient (Wildman–Crippen LogP) is 1.87. The molecule has 0 spiro atoms. The lowest BCUT2D eigenvalue weighted by atomic mass is 10.1. The average molecular weight is 244 g/mol. The van der Waals surface area contributed by atoms with Gasteiger partial charge in [-0.2, -0.15) is 0 Å². The van der Waals surface area contributed by atoms with Gasteiger partial charge in [-0.25, -0.2) is 0 Å². The highest BCUT2D eigenvalue weighted by molar-refractivity contribution is 9.10. The number of primary amides is 1. The minimum absolute atomic E-state index is 0.383. The molecule has 3 nitrogen and oxygen atoms in total. The van der Waals surface area contributed by atoms with Gasteiger partial charge in [-0.05, 0) is 40.5 Å². The highest BCUT2D eigenvalue weighted by Crippen LogP contribution is 2.27. The van der Waals surface area contributed by atoms with Gasteiger partial charge in [-0.15, -0.1) is 0 Å². The fraction of sp³-hybridized carbons (Fsp3) is 0.222. The van der Waals surface area contributed by atoms with Crippen molar-refractivity contribution in [1.29, 1.82) is 0 Å². The predicted molar refractivity (Wildman–Crippen MR) is 53.9 cm³/mol. The second-order valence-corrected chi connectivity index (χ2v) is 3.54. The van der Waals surface area contributed by atoms with Gasteiger partial charge in [-0.3, -0.25) is 4.79 Å². The van der Waals surface area contributed by atoms with Crippen molar-refractivity contribution in [2.75, 3.05) is 7.11 Å². The highest BCUT2D eigenvalue weighted by atomic mass is 79.9. The van der Waals surface area contributed by atoms with Gasteiger partial charge in [-0.1, -0.05) is 0 Å². The Kier molecular flexibility index (Phi) is 2.93. The molecule has 0 fully saturated rings. The molecule has 0 aliphatic heterocycles. The van der Waals surface area contributed by atoms with Crippen LogP contribution < -0.4 is 10.5 Å². The van der Waals surface area contributed by atoms with E-state index in [2.05, 4.69) is 15.9 Å². The van der Waals surface area contributed by atoms with Crippen LogP contribution in [0.4, 0.5) is 0 Å². The first-order valence-electron chi connectivity index (χ1n) is 3.70. The number of ether oxygens (including phenoxy) is 1. The van der Waals surface area contributed by atoms with Crippen molar-refractivity contribution in [3.63, 3.8) is 0 Å². The number of nitrogens with two attached hydrogens (primary N) is 1. The van der Waals surface area contributed by atoms with Crippen molar-refractivity contribution in [2.45, 2.75) is 6.92 Å². The molecule has 4 heteroatoms. The van der Waals surface area contributed by atoms with E-state index in [0.29, 0.717) is 15.8 Å². The number of amides is 1. The number of methoxy groups -OCH3 is 1. The Balaban J connectivity index is 3.38. The van der Waals surface area contributed by atoms with E-state index in [4.69, 9.17) is 10.5 Å². The Hall–Kier alpha value is -1.03. The first kappa shape index (κ1) is 10.1. The molecule has 0 aliphatic carbocycles. The fourth-order valence-corrected chi connectivity index (χ4v) is 1.86. The van der Waals surface area contributed by atoms with Gasteiger partial charge in [0, 0.05) is 4.47 Å². The maximum absolute atomic E-state index is 11.0. The number of aryl methyl sites for hydroxylation is 1. The van der Waals surface area contributed by atoms with E-state index in [-0.39, 0.29) is 0 Å². The van der Waals surface area contributed by atoms with Gasteiger partial charge in [0.2, 0.25) is 0 Å². The summed E-state index contributed by atoms with van der Waals surface area (Å²) in [4.78, 5) is 11.0. The summed E-state index contributed by atoms with van der Waals surface area (Å²) in [5.74, 6) is 0.00287. The lowest BCUT2D eigenvalue weighted by molar-refractivity contribution is 0.0996. The molecule has 0 unspecified atom stereocenters. The first-order chi connectivity index (χ1) is 6.06. The lowest BCUT2D eigenvalue weighted by Crippen LogP contribution is -2.13. The summed E-state index contributed by atoms with van der Waals surface area (Å²) in [6.45, 7) is 1.91. The van der Waals surface area contributed by atoms with Crippen molar-refractivity contribution < 1.29 is 9.53 Å². The molecule has 1 rings (SSSR count). The molecule has 70 valence electrons. The molecular weight excluding hydrogens is 234 g/mol. The van der Waals surface area contributed by atoms with Gasteiger partial charge in [0.05, 0.1) is 12.7 Å². The number of carbonyl (C=O) groups excluding carboxylic acids is 1. The zero-order valence-electron chi connectivity index (χ0n) is 7.43. The zero-order valence-corrected chi connectivity index (χ0v) is 9.01. The monoisotopic (exact) mass is 243 g/mol. The van der Waals surface area contributed by atoms with Crippen molar-refractivity contribution >= 4 is 21.8 Å². The standard InChI is InChI=1S/C9H10BrNO2/c1-5-3-6(10)8(9(11)12)7(4-5)13-2/h3-4H,1-2H3,(H2,11,12). The quantitative estimate of drug-likeness (QED) is 0.863. The Morgan fingerprint density at radius 2 is 2.15 bits per heavy atom. The third-order valence-corrected chi connectivity index (χ3v) is 2.29. The molecule has 0 heterocycles. The van der Waals surface area contributed by atoms with E-state index >= 15 is 0 Å². The SMILES string of the molecule is COc1cc(C)cc(Br)c1C(N)=O. The number of benzene rings is 1. The van der Waals surface area contributed by atoms with Crippen LogP contribution in [0, 0.1) is 6.92 Å². The molecule has 0 saturated carbocycles. The summed E-state index contributed by atoms with van der Waals surface area (Å²) >= 11 is 3.26. The summed E-state index contributed by atoms with van der Waals surface area (Å²) < 4.78 is 5.70. The smallest absolute Gasteiger partial charge is 0.253 e. The maximum atomic E-state index is 11.0. The number of rotatable bonds is 2. The molecule has 13 heavy (non-hydrogen) atoms. The van der Waals surface area contributed by atoms with Gasteiger partial charge < -0.3 is 10.5 Å². The lowest BCUT2D eigenvalue weighted by Gasteiger charge is -2.08. The molecule has 2 N–H and O–H groups in total. The molecular formula is C9H10BrNO2.